The van der Waals surface area contributed by atoms with E-state index in [2.05, 4.69) is 20.9 Å². The number of hydrogen-bond acceptors (Lipinski definition) is 5. The Labute approximate surface area is 181 Å². The molecule has 0 spiro atoms. The Morgan fingerprint density at radius 3 is 2.68 bits per heavy atom. The fraction of sp³-hybridized carbons (Fsp3) is 0.273. The van der Waals surface area contributed by atoms with E-state index in [0.29, 0.717) is 19.4 Å². The zero-order valence-corrected chi connectivity index (χ0v) is 17.5. The Kier molecular flexibility index (Phi) is 5.97. The van der Waals surface area contributed by atoms with Crippen LogP contribution in [0.1, 0.15) is 16.7 Å². The Morgan fingerprint density at radius 2 is 1.97 bits per heavy atom. The molecule has 5 nitrogen and oxygen atoms in total. The molecule has 0 saturated carbocycles. The average molecular weight is 446 g/mol. The maximum atomic E-state index is 12.7. The van der Waals surface area contributed by atoms with Crippen LogP contribution in [0, 0.1) is 0 Å². The lowest BCUT2D eigenvalue weighted by Gasteiger charge is -2.17. The number of amides is 1. The van der Waals surface area contributed by atoms with Crippen molar-refractivity contribution in [2.45, 2.75) is 25.1 Å². The van der Waals surface area contributed by atoms with Crippen LogP contribution in [0.4, 0.5) is 24.0 Å². The fourth-order valence-electron chi connectivity index (χ4n) is 3.47. The molecule has 31 heavy (non-hydrogen) atoms. The zero-order valence-electron chi connectivity index (χ0n) is 16.7. The molecule has 1 aromatic heterocycles. The van der Waals surface area contributed by atoms with Crippen molar-refractivity contribution < 1.29 is 18.0 Å². The number of carbonyl (C=O) groups excluding carboxylic acids is 1. The van der Waals surface area contributed by atoms with Gasteiger partial charge < -0.3 is 16.0 Å². The highest BCUT2D eigenvalue weighted by Gasteiger charge is 2.30. The standard InChI is InChI=1S/C22H21F3N4OS/c1-26-17(8-13-2-5-16(6-3-13)22(23,24)25)11-27-21-28-12-19(31-21)14-4-7-18-15(9-14)10-20(30)29-18/h2-7,9,12,17,26H,8,10-11H2,1H3,(H,27,28)(H,29,30)/t17-/m0/s1. The second-order valence-corrected chi connectivity index (χ2v) is 8.42. The maximum Gasteiger partial charge on any atom is 0.416 e. The van der Waals surface area contributed by atoms with Crippen molar-refractivity contribution in [3.05, 3.63) is 65.4 Å². The van der Waals surface area contributed by atoms with E-state index >= 15 is 0 Å². The molecule has 1 amide bonds. The first kappa shape index (κ1) is 21.3. The Hall–Kier alpha value is -2.91. The lowest BCUT2D eigenvalue weighted by atomic mass is 10.0. The molecule has 2 heterocycles. The summed E-state index contributed by atoms with van der Waals surface area (Å²) in [4.78, 5) is 17.0. The van der Waals surface area contributed by atoms with Gasteiger partial charge in [-0.2, -0.15) is 13.2 Å². The number of halogens is 3. The SMILES string of the molecule is CN[C@H](CNc1ncc(-c2ccc3c(c2)CC(=O)N3)s1)Cc1ccc(C(F)(F)F)cc1. The maximum absolute atomic E-state index is 12.7. The number of thiazole rings is 1. The molecule has 0 bridgehead atoms. The van der Waals surface area contributed by atoms with Gasteiger partial charge in [-0.15, -0.1) is 0 Å². The summed E-state index contributed by atoms with van der Waals surface area (Å²) in [7, 11) is 1.82. The van der Waals surface area contributed by atoms with Crippen LogP contribution in [0.25, 0.3) is 10.4 Å². The smallest absolute Gasteiger partial charge is 0.360 e. The summed E-state index contributed by atoms with van der Waals surface area (Å²) in [6.45, 7) is 0.576. The van der Waals surface area contributed by atoms with Crippen LogP contribution in [-0.2, 0) is 23.8 Å². The second kappa shape index (κ2) is 8.68. The number of nitrogens with one attached hydrogen (secondary N) is 3. The molecule has 3 aromatic rings. The molecule has 0 aliphatic carbocycles. The molecule has 0 fully saturated rings. The highest BCUT2D eigenvalue weighted by atomic mass is 32.1. The van der Waals surface area contributed by atoms with Gasteiger partial charge in [0.15, 0.2) is 5.13 Å². The van der Waals surface area contributed by atoms with Crippen molar-refractivity contribution >= 4 is 28.1 Å². The molecule has 0 saturated heterocycles. The first-order valence-electron chi connectivity index (χ1n) is 9.78. The molecular formula is C22H21F3N4OS. The number of rotatable bonds is 7. The van der Waals surface area contributed by atoms with Gasteiger partial charge >= 0.3 is 6.18 Å². The largest absolute Gasteiger partial charge is 0.416 e. The number of anilines is 2. The van der Waals surface area contributed by atoms with Crippen molar-refractivity contribution in [1.29, 1.82) is 0 Å². The number of hydrogen-bond donors (Lipinski definition) is 3. The van der Waals surface area contributed by atoms with E-state index in [-0.39, 0.29) is 11.9 Å². The minimum Gasteiger partial charge on any atom is -0.360 e. The van der Waals surface area contributed by atoms with E-state index in [1.165, 1.54) is 23.5 Å². The van der Waals surface area contributed by atoms with Gasteiger partial charge in [0.1, 0.15) is 0 Å². The number of aromatic nitrogens is 1. The van der Waals surface area contributed by atoms with Gasteiger partial charge in [-0.1, -0.05) is 29.5 Å². The molecule has 3 N–H and O–H groups in total. The third kappa shape index (κ3) is 5.05. The number of nitrogens with zero attached hydrogens (tertiary/aromatic N) is 1. The lowest BCUT2D eigenvalue weighted by molar-refractivity contribution is -0.137. The van der Waals surface area contributed by atoms with E-state index in [9.17, 15) is 18.0 Å². The molecule has 162 valence electrons. The second-order valence-electron chi connectivity index (χ2n) is 7.39. The van der Waals surface area contributed by atoms with Crippen LogP contribution in [0.15, 0.2) is 48.7 Å². The first-order chi connectivity index (χ1) is 14.8. The minimum atomic E-state index is -4.32. The van der Waals surface area contributed by atoms with Gasteiger partial charge in [-0.3, -0.25) is 4.79 Å². The molecule has 0 unspecified atom stereocenters. The molecule has 2 aromatic carbocycles. The van der Waals surface area contributed by atoms with Crippen LogP contribution in [0.3, 0.4) is 0 Å². The van der Waals surface area contributed by atoms with Crippen LogP contribution >= 0.6 is 11.3 Å². The Balaban J connectivity index is 1.36. The normalized spacial score (nSPS) is 14.3. The quantitative estimate of drug-likeness (QED) is 0.498. The van der Waals surface area contributed by atoms with E-state index in [4.69, 9.17) is 0 Å². The number of benzene rings is 2. The van der Waals surface area contributed by atoms with E-state index in [1.54, 1.807) is 6.20 Å². The summed E-state index contributed by atoms with van der Waals surface area (Å²) < 4.78 is 38.2. The minimum absolute atomic E-state index is 0.00460. The van der Waals surface area contributed by atoms with Gasteiger partial charge in [0, 0.05) is 24.5 Å². The number of fused-ring (bicyclic) bond motifs is 1. The molecule has 9 heteroatoms. The van der Waals surface area contributed by atoms with E-state index < -0.39 is 11.7 Å². The van der Waals surface area contributed by atoms with Crippen LogP contribution in [0.5, 0.6) is 0 Å². The van der Waals surface area contributed by atoms with Crippen LogP contribution in [0.2, 0.25) is 0 Å². The predicted octanol–water partition coefficient (Wildman–Crippen LogP) is 4.57. The van der Waals surface area contributed by atoms with Crippen molar-refractivity contribution in [2.75, 3.05) is 24.2 Å². The lowest BCUT2D eigenvalue weighted by Crippen LogP contribution is -2.34. The van der Waals surface area contributed by atoms with Gasteiger partial charge in [0.2, 0.25) is 5.91 Å². The monoisotopic (exact) mass is 446 g/mol. The highest BCUT2D eigenvalue weighted by Crippen LogP contribution is 2.33. The zero-order chi connectivity index (χ0) is 22.0. The van der Waals surface area contributed by atoms with Gasteiger partial charge in [-0.25, -0.2) is 4.98 Å². The van der Waals surface area contributed by atoms with Crippen molar-refractivity contribution in [3.8, 4) is 10.4 Å². The molecule has 1 aliphatic rings. The number of likely N-dealkylation sites (N-methyl/N-ethyl adjacent to an activating group) is 1. The summed E-state index contributed by atoms with van der Waals surface area (Å²) in [6, 6.07) is 11.2. The molecule has 4 rings (SSSR count). The number of carbonyl (C=O) groups is 1. The number of alkyl halides is 3. The van der Waals surface area contributed by atoms with E-state index in [0.717, 1.165) is 44.5 Å². The van der Waals surface area contributed by atoms with Crippen LogP contribution < -0.4 is 16.0 Å². The van der Waals surface area contributed by atoms with Crippen molar-refractivity contribution in [2.24, 2.45) is 0 Å². The molecule has 1 aliphatic heterocycles. The van der Waals surface area contributed by atoms with Gasteiger partial charge in [0.05, 0.1) is 16.9 Å². The molecular weight excluding hydrogens is 425 g/mol. The average Bonchev–Trinajstić information content (AvgIpc) is 3.35. The summed E-state index contributed by atoms with van der Waals surface area (Å²) in [5.41, 5.74) is 3.04. The molecule has 1 atom stereocenters. The Bertz CT molecular complexity index is 1080. The molecule has 0 radical (unpaired) electrons. The summed E-state index contributed by atoms with van der Waals surface area (Å²) in [5, 5.41) is 10.1. The topological polar surface area (TPSA) is 66.0 Å². The van der Waals surface area contributed by atoms with Gasteiger partial charge in [-0.05, 0) is 54.4 Å². The summed E-state index contributed by atoms with van der Waals surface area (Å²) in [6.07, 6.45) is -1.55. The highest BCUT2D eigenvalue weighted by molar-refractivity contribution is 7.18. The summed E-state index contributed by atoms with van der Waals surface area (Å²) in [5.74, 6) is 0.00460. The van der Waals surface area contributed by atoms with Gasteiger partial charge in [0.25, 0.3) is 0 Å². The van der Waals surface area contributed by atoms with E-state index in [1.807, 2.05) is 25.2 Å². The first-order valence-corrected chi connectivity index (χ1v) is 10.6. The third-order valence-corrected chi connectivity index (χ3v) is 6.20. The predicted molar refractivity (Wildman–Crippen MR) is 116 cm³/mol. The Morgan fingerprint density at radius 1 is 1.19 bits per heavy atom. The van der Waals surface area contributed by atoms with Crippen molar-refractivity contribution in [3.63, 3.8) is 0 Å². The third-order valence-electron chi connectivity index (χ3n) is 5.19. The summed E-state index contributed by atoms with van der Waals surface area (Å²) >= 11 is 1.52. The fourth-order valence-corrected chi connectivity index (χ4v) is 4.29. The van der Waals surface area contributed by atoms with Crippen molar-refractivity contribution in [1.82, 2.24) is 10.3 Å². The van der Waals surface area contributed by atoms with Crippen LogP contribution in [-0.4, -0.2) is 30.5 Å².